The normalized spacial score (nSPS) is 27.6. The molecule has 3 aromatic heterocycles. The molecule has 0 fully saturated rings. The smallest absolute Gasteiger partial charge is 0.256 e. The van der Waals surface area contributed by atoms with Gasteiger partial charge in [-0.25, -0.2) is 14.5 Å². The van der Waals surface area contributed by atoms with Crippen molar-refractivity contribution in [2.45, 2.75) is 156 Å². The third-order valence-corrected chi connectivity index (χ3v) is 11.8. The Hall–Kier alpha value is -9.51. The van der Waals surface area contributed by atoms with Gasteiger partial charge in [-0.2, -0.15) is 15.0 Å². The molecule has 12 rings (SSSR count). The Morgan fingerprint density at radius 2 is 0.922 bits per heavy atom. The van der Waals surface area contributed by atoms with Crippen LogP contribution in [0.15, 0.2) is 122 Å². The maximum atomic E-state index is 8.97. The summed E-state index contributed by atoms with van der Waals surface area (Å²) >= 11 is 0. The van der Waals surface area contributed by atoms with Crippen LogP contribution in [0.1, 0.15) is 208 Å². The topological polar surface area (TPSA) is 194 Å². The quantitative estimate of drug-likeness (QED) is 0.0575. The predicted molar refractivity (Wildman–Crippen MR) is 350 cm³/mol. The van der Waals surface area contributed by atoms with Crippen molar-refractivity contribution in [2.75, 3.05) is 19.5 Å². The van der Waals surface area contributed by atoms with Gasteiger partial charge in [0.1, 0.15) is 17.2 Å². The van der Waals surface area contributed by atoms with Crippen LogP contribution in [0.4, 0.5) is 17.1 Å². The van der Waals surface area contributed by atoms with Crippen molar-refractivity contribution >= 4 is 17.1 Å². The molecule has 6 aromatic carbocycles. The second-order valence-corrected chi connectivity index (χ2v) is 19.0. The van der Waals surface area contributed by atoms with Crippen LogP contribution in [0.3, 0.4) is 0 Å². The van der Waals surface area contributed by atoms with Gasteiger partial charge in [-0.3, -0.25) is 0 Å². The van der Waals surface area contributed by atoms with Crippen molar-refractivity contribution in [3.63, 3.8) is 0 Å². The summed E-state index contributed by atoms with van der Waals surface area (Å²) in [7, 11) is 0. The minimum Gasteiger partial charge on any atom is -0.502 e. The molecule has 0 aliphatic heterocycles. The number of hydrogen-bond acceptors (Lipinski definition) is 15. The summed E-state index contributed by atoms with van der Waals surface area (Å²) < 4.78 is 378. The molecule has 9 aromatic rings. The van der Waals surface area contributed by atoms with Crippen LogP contribution in [0.2, 0.25) is 0 Å². The fraction of sp³-hybridized carbons (Fsp3) is 0.375. The van der Waals surface area contributed by atoms with Gasteiger partial charge in [-0.05, 0) is 206 Å². The first kappa shape index (κ1) is 29.9. The molecular weight excluding hydrogens is 1130 g/mol. The SMILES string of the molecule is [2H]c1c([2H])c(-c2noc(-c3c([2H])c([2H])c(OC([2H])(C)C)c([N+]#[C-])c3[2H])n2)c2c(c1[2H])[C@@H](NC([2H])([2H])C([2H])([2H])C)C([2H])([2H])C2([2H])[2H].[2H]c1c([2H])c(-c2noc(-c3c([2H])c([2H])c(OC([2H])(C)C)c([N+]#[C-])c3[2H])n2)c2c(c1[2H])[C@@]([2H])(NC([2H])([2H])CC)C([2H])([2H])C2([2H])[2H].[2H]c1c([2H])c(-c2noc(-c3c([2H])c([2H])c(OC([2H])(C)C)c([N+]#[C-])c3[2H])n2)c2c(c1[2H])[C@@]([2H])(NCCC)C([2H])([2H])C2([2H])[2H]. The van der Waals surface area contributed by atoms with E-state index < -0.39 is 339 Å². The molecule has 0 bridgehead atoms. The number of rotatable bonds is 21. The van der Waals surface area contributed by atoms with Crippen LogP contribution in [-0.2, 0) is 19.1 Å². The van der Waals surface area contributed by atoms with E-state index in [9.17, 15) is 0 Å². The lowest BCUT2D eigenvalue weighted by Gasteiger charge is -2.13. The number of nitrogens with zero attached hydrogens (tertiary/aromatic N) is 9. The lowest BCUT2D eigenvalue weighted by Crippen LogP contribution is -2.19. The van der Waals surface area contributed by atoms with Crippen LogP contribution in [-0.4, -0.2) is 68.2 Å². The summed E-state index contributed by atoms with van der Waals surface area (Å²) in [5.41, 5.74) is -8.59. The second-order valence-electron chi connectivity index (χ2n) is 19.0. The van der Waals surface area contributed by atoms with Crippen LogP contribution in [0, 0.1) is 19.7 Å². The zero-order valence-electron chi connectivity index (χ0n) is 90.2. The first-order valence-electron chi connectivity index (χ1n) is 47.5. The number of aromatic nitrogens is 6. The van der Waals surface area contributed by atoms with Crippen molar-refractivity contribution < 1.29 is 84.0 Å². The largest absolute Gasteiger partial charge is 0.502 e. The number of benzene rings is 6. The van der Waals surface area contributed by atoms with Gasteiger partial charge in [0, 0.05) is 80.2 Å². The van der Waals surface area contributed by atoms with Crippen molar-refractivity contribution in [1.82, 2.24) is 46.4 Å². The predicted octanol–water partition coefficient (Wildman–Crippen LogP) is 17.2. The van der Waals surface area contributed by atoms with Gasteiger partial charge in [0.05, 0.1) is 65.4 Å². The van der Waals surface area contributed by atoms with Gasteiger partial charge in [0.15, 0.2) is 0 Å². The molecule has 0 unspecified atom stereocenters. The van der Waals surface area contributed by atoms with Gasteiger partial charge < -0.3 is 43.7 Å². The van der Waals surface area contributed by atoms with Gasteiger partial charge in [-0.15, -0.1) is 0 Å². The van der Waals surface area contributed by atoms with E-state index in [0.29, 0.717) is 6.42 Å². The zero-order valence-corrected chi connectivity index (χ0v) is 49.2. The molecule has 462 valence electrons. The Labute approximate surface area is 585 Å². The molecule has 18 heteroatoms. The molecule has 3 aliphatic carbocycles. The van der Waals surface area contributed by atoms with Crippen LogP contribution in [0.5, 0.6) is 17.2 Å². The molecule has 3 aliphatic rings. The lowest BCUT2D eigenvalue weighted by molar-refractivity contribution is 0.244. The van der Waals surface area contributed by atoms with Gasteiger partial charge in [0.2, 0.25) is 34.5 Å². The van der Waals surface area contributed by atoms with E-state index in [1.165, 1.54) is 48.5 Å². The zero-order chi connectivity index (χ0) is 99.7. The third-order valence-electron chi connectivity index (χ3n) is 11.8. The lowest BCUT2D eigenvalue weighted by atomic mass is 10.0. The highest BCUT2D eigenvalue weighted by Gasteiger charge is 2.30. The second kappa shape index (κ2) is 29.7. The van der Waals surface area contributed by atoms with Crippen molar-refractivity contribution in [1.29, 1.82) is 0 Å². The maximum absolute atomic E-state index is 8.97. The fourth-order valence-corrected chi connectivity index (χ4v) is 8.03. The number of nitrogens with one attached hydrogen (secondary N) is 3. The highest BCUT2D eigenvalue weighted by molar-refractivity contribution is 5.74. The summed E-state index contributed by atoms with van der Waals surface area (Å²) in [4.78, 5) is 21.9. The molecule has 0 saturated heterocycles. The standard InChI is InChI=1S/3C24H26N4O2/c3*1-5-13-26-20-11-10-17-18(20)7-6-8-19(17)23-27-24(30-28-23)16-9-12-22(29-15(2)3)21(14-16)25-4/h3*6-9,12,14-15,20,26H,5,10-11,13H2,1-3H3/t3*20-/m000/s1/i6D,7D,8D,9D,10D2,11D2,12D,13D2,14D,15D,20D;5D2,6D,7D,8D,9D,10D2,11D2,12D,13D2,14D,15D;6D,7D,8D,9D,10D2,11D2,12D,14D,15D,20D. The number of ether oxygens (including phenoxy) is 3. The molecule has 0 spiro atoms. The summed E-state index contributed by atoms with van der Waals surface area (Å²) in [6, 6.07) is -20.7. The molecule has 90 heavy (non-hydrogen) atoms. The first-order valence-corrected chi connectivity index (χ1v) is 27.0. The van der Waals surface area contributed by atoms with Crippen molar-refractivity contribution in [2.24, 2.45) is 0 Å². The molecule has 0 saturated carbocycles. The first-order chi connectivity index (χ1) is 59.6. The van der Waals surface area contributed by atoms with Gasteiger partial charge in [0.25, 0.3) is 17.7 Å². The minimum atomic E-state index is -3.27. The molecule has 18 nitrogen and oxygen atoms in total. The Balaban J connectivity index is 0.000000204. The van der Waals surface area contributed by atoms with E-state index in [1.807, 2.05) is 0 Å². The molecule has 3 heterocycles. The highest BCUT2D eigenvalue weighted by Crippen LogP contribution is 2.42. The Kier molecular flexibility index (Phi) is 9.84. The molecule has 0 radical (unpaired) electrons. The molecular formula is C72H78N12O6. The van der Waals surface area contributed by atoms with E-state index in [4.69, 9.17) is 104 Å². The van der Waals surface area contributed by atoms with E-state index in [0.717, 1.165) is 6.92 Å². The van der Waals surface area contributed by atoms with Crippen molar-refractivity contribution in [3.8, 4) is 85.8 Å². The highest BCUT2D eigenvalue weighted by atomic mass is 16.5. The number of fused-ring (bicyclic) bond motifs is 3. The van der Waals surface area contributed by atoms with Crippen LogP contribution in [0.25, 0.3) is 83.1 Å². The summed E-state index contributed by atoms with van der Waals surface area (Å²) in [5.74, 6) is -5.07. The molecule has 3 N–H and O–H groups in total. The summed E-state index contributed by atoms with van der Waals surface area (Å²) in [6.07, 6.45) is -25.8. The third kappa shape index (κ3) is 14.6. The van der Waals surface area contributed by atoms with Crippen molar-refractivity contribution in [3.05, 3.63) is 176 Å². The Morgan fingerprint density at radius 1 is 0.533 bits per heavy atom. The van der Waals surface area contributed by atoms with E-state index >= 15 is 0 Å². The fourth-order valence-electron chi connectivity index (χ4n) is 8.03. The summed E-state index contributed by atoms with van der Waals surface area (Å²) in [6.45, 7) is 29.3. The summed E-state index contributed by atoms with van der Waals surface area (Å²) in [5, 5.41) is 18.1. The van der Waals surface area contributed by atoms with Crippen LogP contribution >= 0.6 is 0 Å². The van der Waals surface area contributed by atoms with Gasteiger partial charge in [-0.1, -0.05) is 90.6 Å². The monoisotopic (exact) mass is 1250 g/mol. The Morgan fingerprint density at radius 3 is 1.30 bits per heavy atom. The minimum absolute atomic E-state index is 0.0874. The van der Waals surface area contributed by atoms with E-state index in [2.05, 4.69) is 60.9 Å². The average Bonchev–Trinajstić information content (AvgIpc) is 1.52. The maximum Gasteiger partial charge on any atom is 0.256 e. The average molecular weight is 1250 g/mol. The van der Waals surface area contributed by atoms with Gasteiger partial charge >= 0.3 is 0 Å². The molecule has 3 atom stereocenters. The van der Waals surface area contributed by atoms with Crippen LogP contribution < -0.4 is 30.2 Å². The number of hydrogen-bond donors (Lipinski definition) is 3. The molecule has 0 amide bonds. The Bertz CT molecular complexity index is 6310. The van der Waals surface area contributed by atoms with E-state index in [-0.39, 0.29) is 13.0 Å². The van der Waals surface area contributed by atoms with E-state index in [1.54, 1.807) is 6.92 Å².